The van der Waals surface area contributed by atoms with E-state index in [1.54, 1.807) is 24.2 Å². The SMILES string of the molecule is CCN(Cc1ccc2c(c1)OCCO2)C(=O)COC(=O)/C=C/c1ccccc1OC. The number of hydrogen-bond acceptors (Lipinski definition) is 6. The molecular formula is C23H25NO6. The monoisotopic (exact) mass is 411 g/mol. The second-order valence-corrected chi connectivity index (χ2v) is 6.57. The van der Waals surface area contributed by atoms with Gasteiger partial charge in [0.05, 0.1) is 7.11 Å². The van der Waals surface area contributed by atoms with Crippen LogP contribution in [0.5, 0.6) is 17.2 Å². The number of nitrogens with zero attached hydrogens (tertiary/aromatic N) is 1. The number of amides is 1. The highest BCUT2D eigenvalue weighted by Crippen LogP contribution is 2.31. The van der Waals surface area contributed by atoms with Gasteiger partial charge in [0.25, 0.3) is 5.91 Å². The molecule has 0 aromatic heterocycles. The Kier molecular flexibility index (Phi) is 7.32. The molecule has 0 fully saturated rings. The highest BCUT2D eigenvalue weighted by molar-refractivity contribution is 5.89. The van der Waals surface area contributed by atoms with Gasteiger partial charge in [-0.2, -0.15) is 0 Å². The number of carbonyl (C=O) groups excluding carboxylic acids is 2. The number of para-hydroxylation sites is 1. The molecule has 1 amide bonds. The fourth-order valence-electron chi connectivity index (χ4n) is 3.02. The minimum absolute atomic E-state index is 0.272. The van der Waals surface area contributed by atoms with E-state index in [1.807, 2.05) is 43.3 Å². The first-order valence-corrected chi connectivity index (χ1v) is 9.75. The summed E-state index contributed by atoms with van der Waals surface area (Å²) < 4.78 is 21.4. The van der Waals surface area contributed by atoms with E-state index in [0.717, 1.165) is 11.1 Å². The summed E-state index contributed by atoms with van der Waals surface area (Å²) in [6, 6.07) is 12.9. The molecule has 0 radical (unpaired) electrons. The third-order valence-electron chi connectivity index (χ3n) is 4.59. The summed E-state index contributed by atoms with van der Waals surface area (Å²) in [5.74, 6) is 1.16. The second-order valence-electron chi connectivity index (χ2n) is 6.57. The molecule has 0 bridgehead atoms. The molecule has 1 aliphatic heterocycles. The number of esters is 1. The van der Waals surface area contributed by atoms with Gasteiger partial charge in [-0.3, -0.25) is 4.79 Å². The molecule has 2 aromatic rings. The Morgan fingerprint density at radius 3 is 2.63 bits per heavy atom. The quantitative estimate of drug-likeness (QED) is 0.491. The fraction of sp³-hybridized carbons (Fsp3) is 0.304. The maximum absolute atomic E-state index is 12.5. The Morgan fingerprint density at radius 1 is 1.10 bits per heavy atom. The maximum Gasteiger partial charge on any atom is 0.331 e. The van der Waals surface area contributed by atoms with Crippen molar-refractivity contribution in [1.82, 2.24) is 4.90 Å². The lowest BCUT2D eigenvalue weighted by Crippen LogP contribution is -2.34. The van der Waals surface area contributed by atoms with Crippen molar-refractivity contribution in [2.75, 3.05) is 33.5 Å². The maximum atomic E-state index is 12.5. The van der Waals surface area contributed by atoms with E-state index in [2.05, 4.69) is 0 Å². The van der Waals surface area contributed by atoms with Crippen molar-refractivity contribution in [1.29, 1.82) is 0 Å². The highest BCUT2D eigenvalue weighted by Gasteiger charge is 2.17. The van der Waals surface area contributed by atoms with Crippen LogP contribution in [0.25, 0.3) is 6.08 Å². The third kappa shape index (κ3) is 5.53. The van der Waals surface area contributed by atoms with Gasteiger partial charge in [-0.15, -0.1) is 0 Å². The van der Waals surface area contributed by atoms with Crippen molar-refractivity contribution in [2.45, 2.75) is 13.5 Å². The number of rotatable bonds is 8. The lowest BCUT2D eigenvalue weighted by molar-refractivity contribution is -0.148. The predicted molar refractivity (Wildman–Crippen MR) is 112 cm³/mol. The largest absolute Gasteiger partial charge is 0.496 e. The molecule has 0 N–H and O–H groups in total. The minimum atomic E-state index is -0.593. The van der Waals surface area contributed by atoms with Crippen molar-refractivity contribution in [2.24, 2.45) is 0 Å². The molecule has 1 heterocycles. The molecule has 7 nitrogen and oxygen atoms in total. The molecule has 0 saturated carbocycles. The van der Waals surface area contributed by atoms with Crippen molar-refractivity contribution >= 4 is 18.0 Å². The zero-order valence-electron chi connectivity index (χ0n) is 17.1. The summed E-state index contributed by atoms with van der Waals surface area (Å²) in [5.41, 5.74) is 1.66. The molecule has 158 valence electrons. The number of likely N-dealkylation sites (N-methyl/N-ethyl adjacent to an activating group) is 1. The molecule has 0 spiro atoms. The first kappa shape index (κ1) is 21.2. The number of hydrogen-bond donors (Lipinski definition) is 0. The average Bonchev–Trinajstić information content (AvgIpc) is 2.79. The minimum Gasteiger partial charge on any atom is -0.496 e. The average molecular weight is 411 g/mol. The number of methoxy groups -OCH3 is 1. The first-order chi connectivity index (χ1) is 14.6. The second kappa shape index (κ2) is 10.3. The smallest absolute Gasteiger partial charge is 0.331 e. The molecule has 0 unspecified atom stereocenters. The highest BCUT2D eigenvalue weighted by atomic mass is 16.6. The van der Waals surface area contributed by atoms with E-state index in [1.165, 1.54) is 6.08 Å². The van der Waals surface area contributed by atoms with Crippen LogP contribution in [-0.4, -0.2) is 50.3 Å². The summed E-state index contributed by atoms with van der Waals surface area (Å²) in [4.78, 5) is 26.1. The van der Waals surface area contributed by atoms with Crippen molar-refractivity contribution in [3.63, 3.8) is 0 Å². The fourth-order valence-corrected chi connectivity index (χ4v) is 3.02. The molecule has 3 rings (SSSR count). The predicted octanol–water partition coefficient (Wildman–Crippen LogP) is 3.07. The van der Waals surface area contributed by atoms with E-state index in [-0.39, 0.29) is 12.5 Å². The van der Waals surface area contributed by atoms with E-state index < -0.39 is 5.97 Å². The van der Waals surface area contributed by atoms with Crippen LogP contribution in [0.2, 0.25) is 0 Å². The number of ether oxygens (including phenoxy) is 4. The molecule has 0 atom stereocenters. The summed E-state index contributed by atoms with van der Waals surface area (Å²) in [7, 11) is 1.56. The van der Waals surface area contributed by atoms with Gasteiger partial charge in [-0.25, -0.2) is 4.79 Å². The van der Waals surface area contributed by atoms with Gasteiger partial charge in [-0.05, 0) is 36.8 Å². The Morgan fingerprint density at radius 2 is 1.87 bits per heavy atom. The number of carbonyl (C=O) groups is 2. The van der Waals surface area contributed by atoms with E-state index in [9.17, 15) is 9.59 Å². The lowest BCUT2D eigenvalue weighted by Gasteiger charge is -2.23. The van der Waals surface area contributed by atoms with Crippen LogP contribution in [0.3, 0.4) is 0 Å². The topological polar surface area (TPSA) is 74.3 Å². The van der Waals surface area contributed by atoms with Gasteiger partial charge in [0.2, 0.25) is 0 Å². The van der Waals surface area contributed by atoms with Crippen molar-refractivity contribution in [3.8, 4) is 17.2 Å². The zero-order valence-corrected chi connectivity index (χ0v) is 17.1. The van der Waals surface area contributed by atoms with Crippen LogP contribution >= 0.6 is 0 Å². The van der Waals surface area contributed by atoms with Crippen molar-refractivity contribution in [3.05, 3.63) is 59.7 Å². The summed E-state index contributed by atoms with van der Waals surface area (Å²) in [5, 5.41) is 0. The van der Waals surface area contributed by atoms with Crippen LogP contribution in [-0.2, 0) is 20.9 Å². The molecule has 30 heavy (non-hydrogen) atoms. The number of benzene rings is 2. The van der Waals surface area contributed by atoms with Crippen LogP contribution in [0.4, 0.5) is 0 Å². The third-order valence-corrected chi connectivity index (χ3v) is 4.59. The number of fused-ring (bicyclic) bond motifs is 1. The van der Waals surface area contributed by atoms with Crippen LogP contribution in [0, 0.1) is 0 Å². The Hall–Kier alpha value is -3.48. The van der Waals surface area contributed by atoms with Gasteiger partial charge >= 0.3 is 5.97 Å². The van der Waals surface area contributed by atoms with E-state index in [0.29, 0.717) is 43.6 Å². The van der Waals surface area contributed by atoms with Crippen LogP contribution in [0.15, 0.2) is 48.5 Å². The van der Waals surface area contributed by atoms with E-state index >= 15 is 0 Å². The van der Waals surface area contributed by atoms with Crippen LogP contribution < -0.4 is 14.2 Å². The van der Waals surface area contributed by atoms with Crippen molar-refractivity contribution < 1.29 is 28.5 Å². The van der Waals surface area contributed by atoms with Gasteiger partial charge in [-0.1, -0.05) is 24.3 Å². The standard InChI is InChI=1S/C23H25NO6/c1-3-24(15-17-8-10-20-21(14-17)29-13-12-28-20)22(25)16-30-23(26)11-9-18-6-4-5-7-19(18)27-2/h4-11,14H,3,12-13,15-16H2,1-2H3/b11-9+. The van der Waals surface area contributed by atoms with Gasteiger partial charge in [0, 0.05) is 24.7 Å². The van der Waals surface area contributed by atoms with E-state index in [4.69, 9.17) is 18.9 Å². The summed E-state index contributed by atoms with van der Waals surface area (Å²) >= 11 is 0. The Balaban J connectivity index is 1.53. The Bertz CT molecular complexity index is 924. The molecular weight excluding hydrogens is 386 g/mol. The normalized spacial score (nSPS) is 12.5. The summed E-state index contributed by atoms with van der Waals surface area (Å²) in [6.45, 7) is 3.46. The van der Waals surface area contributed by atoms with Gasteiger partial charge < -0.3 is 23.8 Å². The van der Waals surface area contributed by atoms with Gasteiger partial charge in [0.15, 0.2) is 18.1 Å². The van der Waals surface area contributed by atoms with Gasteiger partial charge in [0.1, 0.15) is 19.0 Å². The molecule has 0 saturated heterocycles. The van der Waals surface area contributed by atoms with Crippen LogP contribution in [0.1, 0.15) is 18.1 Å². The molecule has 2 aromatic carbocycles. The molecule has 1 aliphatic rings. The first-order valence-electron chi connectivity index (χ1n) is 9.75. The Labute approximate surface area is 175 Å². The summed E-state index contributed by atoms with van der Waals surface area (Å²) in [6.07, 6.45) is 2.88. The molecule has 0 aliphatic carbocycles. The zero-order chi connectivity index (χ0) is 21.3. The molecule has 7 heteroatoms. The lowest BCUT2D eigenvalue weighted by atomic mass is 10.1.